The largest absolute Gasteiger partial charge is 0.375 e. The molecule has 22 heavy (non-hydrogen) atoms. The van der Waals surface area contributed by atoms with Crippen LogP contribution in [0.4, 0.5) is 15.8 Å². The van der Waals surface area contributed by atoms with Crippen LogP contribution in [0.15, 0.2) is 46.9 Å². The topological polar surface area (TPSA) is 21.3 Å². The molecule has 0 aliphatic carbocycles. The van der Waals surface area contributed by atoms with Crippen LogP contribution in [0.25, 0.3) is 0 Å². The lowest BCUT2D eigenvalue weighted by atomic mass is 10.2. The minimum atomic E-state index is -0.404. The molecule has 0 radical (unpaired) electrons. The van der Waals surface area contributed by atoms with E-state index >= 15 is 0 Å². The molecule has 118 valence electrons. The van der Waals surface area contributed by atoms with E-state index in [9.17, 15) is 4.39 Å². The molecule has 0 spiro atoms. The quantitative estimate of drug-likeness (QED) is 0.627. The Morgan fingerprint density at radius 1 is 1.18 bits per heavy atom. The van der Waals surface area contributed by atoms with Crippen molar-refractivity contribution < 1.29 is 9.13 Å². The standard InChI is InChI=1S/C17H18BrClFNO/c1-17(2,19)11-22-10-12-3-8-15(20)16(9-12)21-14-6-4-13(18)5-7-14/h3-9,21H,10-11H2,1-2H3. The molecule has 0 aliphatic rings. The third-order valence-electron chi connectivity index (χ3n) is 2.87. The number of nitrogens with one attached hydrogen (secondary N) is 1. The van der Waals surface area contributed by atoms with Crippen LogP contribution in [0, 0.1) is 5.82 Å². The van der Waals surface area contributed by atoms with E-state index in [1.807, 2.05) is 38.1 Å². The predicted octanol–water partition coefficient (Wildman–Crippen LogP) is 5.87. The highest BCUT2D eigenvalue weighted by atomic mass is 79.9. The fourth-order valence-electron chi connectivity index (χ4n) is 1.86. The van der Waals surface area contributed by atoms with Gasteiger partial charge in [0.15, 0.2) is 0 Å². The average Bonchev–Trinajstić information content (AvgIpc) is 2.43. The second-order valence-electron chi connectivity index (χ2n) is 5.66. The summed E-state index contributed by atoms with van der Waals surface area (Å²) in [4.78, 5) is -0.404. The van der Waals surface area contributed by atoms with E-state index < -0.39 is 4.87 Å². The van der Waals surface area contributed by atoms with Crippen molar-refractivity contribution in [2.24, 2.45) is 0 Å². The zero-order chi connectivity index (χ0) is 16.2. The Bertz CT molecular complexity index is 626. The first kappa shape index (κ1) is 17.3. The molecule has 0 atom stereocenters. The molecule has 2 rings (SSSR count). The van der Waals surface area contributed by atoms with Crippen LogP contribution in [0.1, 0.15) is 19.4 Å². The number of ether oxygens (including phenoxy) is 1. The van der Waals surface area contributed by atoms with Gasteiger partial charge < -0.3 is 10.1 Å². The molecule has 1 N–H and O–H groups in total. The van der Waals surface area contributed by atoms with Crippen LogP contribution in [0.3, 0.4) is 0 Å². The van der Waals surface area contributed by atoms with Gasteiger partial charge in [-0.05, 0) is 55.8 Å². The molecule has 5 heteroatoms. The van der Waals surface area contributed by atoms with Gasteiger partial charge in [0.1, 0.15) is 5.82 Å². The van der Waals surface area contributed by atoms with Crippen LogP contribution in [0.5, 0.6) is 0 Å². The molecule has 2 aromatic carbocycles. The first-order valence-electron chi connectivity index (χ1n) is 6.91. The van der Waals surface area contributed by atoms with Crippen molar-refractivity contribution >= 4 is 38.9 Å². The van der Waals surface area contributed by atoms with Gasteiger partial charge in [-0.3, -0.25) is 0 Å². The fraction of sp³-hybridized carbons (Fsp3) is 0.294. The number of hydrogen-bond donors (Lipinski definition) is 1. The minimum absolute atomic E-state index is 0.302. The summed E-state index contributed by atoms with van der Waals surface area (Å²) in [7, 11) is 0. The number of benzene rings is 2. The Hall–Kier alpha value is -1.10. The summed E-state index contributed by atoms with van der Waals surface area (Å²) in [6, 6.07) is 12.4. The highest BCUT2D eigenvalue weighted by Crippen LogP contribution is 2.23. The second-order valence-corrected chi connectivity index (χ2v) is 7.60. The van der Waals surface area contributed by atoms with E-state index in [4.69, 9.17) is 16.3 Å². The lowest BCUT2D eigenvalue weighted by Crippen LogP contribution is -2.18. The highest BCUT2D eigenvalue weighted by molar-refractivity contribution is 9.10. The van der Waals surface area contributed by atoms with E-state index in [1.54, 1.807) is 12.1 Å². The van der Waals surface area contributed by atoms with Gasteiger partial charge in [0.05, 0.1) is 23.8 Å². The van der Waals surface area contributed by atoms with Crippen molar-refractivity contribution in [2.75, 3.05) is 11.9 Å². The second kappa shape index (κ2) is 7.44. The highest BCUT2D eigenvalue weighted by Gasteiger charge is 2.13. The maximum Gasteiger partial charge on any atom is 0.146 e. The Morgan fingerprint density at radius 3 is 2.50 bits per heavy atom. The number of rotatable bonds is 6. The maximum absolute atomic E-state index is 13.9. The third-order valence-corrected chi connectivity index (χ3v) is 3.51. The van der Waals surface area contributed by atoms with Gasteiger partial charge in [-0.2, -0.15) is 0 Å². The molecule has 2 aromatic rings. The van der Waals surface area contributed by atoms with Crippen molar-refractivity contribution in [3.05, 3.63) is 58.3 Å². The Labute approximate surface area is 143 Å². The van der Waals surface area contributed by atoms with Gasteiger partial charge in [0.25, 0.3) is 0 Å². The summed E-state index contributed by atoms with van der Waals surface area (Å²) in [5.74, 6) is -0.302. The van der Waals surface area contributed by atoms with E-state index in [2.05, 4.69) is 21.2 Å². The van der Waals surface area contributed by atoms with Crippen molar-refractivity contribution in [3.8, 4) is 0 Å². The Morgan fingerprint density at radius 2 is 1.86 bits per heavy atom. The summed E-state index contributed by atoms with van der Waals surface area (Å²) in [6.45, 7) is 4.60. The zero-order valence-corrected chi connectivity index (χ0v) is 14.8. The van der Waals surface area contributed by atoms with E-state index in [-0.39, 0.29) is 5.82 Å². The summed E-state index contributed by atoms with van der Waals surface area (Å²) >= 11 is 9.45. The molecule has 0 heterocycles. The molecule has 0 saturated heterocycles. The monoisotopic (exact) mass is 385 g/mol. The lowest BCUT2D eigenvalue weighted by molar-refractivity contribution is 0.105. The SMILES string of the molecule is CC(C)(Cl)COCc1ccc(F)c(Nc2ccc(Br)cc2)c1. The average molecular weight is 387 g/mol. The molecule has 0 aliphatic heterocycles. The number of halogens is 3. The molecular formula is C17H18BrClFNO. The number of hydrogen-bond acceptors (Lipinski definition) is 2. The van der Waals surface area contributed by atoms with E-state index in [0.717, 1.165) is 15.7 Å². The van der Waals surface area contributed by atoms with Gasteiger partial charge in [-0.25, -0.2) is 4.39 Å². The summed E-state index contributed by atoms with van der Waals surface area (Å²) in [5.41, 5.74) is 2.14. The van der Waals surface area contributed by atoms with E-state index in [0.29, 0.717) is 18.9 Å². The summed E-state index contributed by atoms with van der Waals surface area (Å²) < 4.78 is 20.4. The van der Waals surface area contributed by atoms with Crippen LogP contribution in [0.2, 0.25) is 0 Å². The van der Waals surface area contributed by atoms with Gasteiger partial charge in [0, 0.05) is 10.2 Å². The van der Waals surface area contributed by atoms with Gasteiger partial charge in [-0.1, -0.05) is 22.0 Å². The van der Waals surface area contributed by atoms with Gasteiger partial charge in [-0.15, -0.1) is 11.6 Å². The third kappa shape index (κ3) is 5.59. The molecule has 0 saturated carbocycles. The van der Waals surface area contributed by atoms with Crippen molar-refractivity contribution in [2.45, 2.75) is 25.3 Å². The Kier molecular flexibility index (Phi) is 5.84. The fourth-order valence-corrected chi connectivity index (χ4v) is 2.20. The van der Waals surface area contributed by atoms with Crippen molar-refractivity contribution in [1.82, 2.24) is 0 Å². The van der Waals surface area contributed by atoms with Crippen LogP contribution < -0.4 is 5.32 Å². The zero-order valence-electron chi connectivity index (χ0n) is 12.5. The first-order chi connectivity index (χ1) is 10.3. The number of anilines is 2. The van der Waals surface area contributed by atoms with Crippen LogP contribution in [-0.2, 0) is 11.3 Å². The minimum Gasteiger partial charge on any atom is -0.375 e. The van der Waals surface area contributed by atoms with Gasteiger partial charge in [0.2, 0.25) is 0 Å². The van der Waals surface area contributed by atoms with E-state index in [1.165, 1.54) is 6.07 Å². The van der Waals surface area contributed by atoms with Crippen LogP contribution in [-0.4, -0.2) is 11.5 Å². The molecule has 2 nitrogen and oxygen atoms in total. The number of alkyl halides is 1. The molecule has 0 unspecified atom stereocenters. The summed E-state index contributed by atoms with van der Waals surface area (Å²) in [6.07, 6.45) is 0. The molecular weight excluding hydrogens is 369 g/mol. The van der Waals surface area contributed by atoms with Crippen molar-refractivity contribution in [1.29, 1.82) is 0 Å². The lowest BCUT2D eigenvalue weighted by Gasteiger charge is -2.16. The molecule has 0 fully saturated rings. The maximum atomic E-state index is 13.9. The predicted molar refractivity (Wildman–Crippen MR) is 93.4 cm³/mol. The Balaban J connectivity index is 2.05. The van der Waals surface area contributed by atoms with Crippen molar-refractivity contribution in [3.63, 3.8) is 0 Å². The first-order valence-corrected chi connectivity index (χ1v) is 8.08. The van der Waals surface area contributed by atoms with Crippen LogP contribution >= 0.6 is 27.5 Å². The molecule has 0 bridgehead atoms. The molecule has 0 aromatic heterocycles. The van der Waals surface area contributed by atoms with Gasteiger partial charge >= 0.3 is 0 Å². The summed E-state index contributed by atoms with van der Waals surface area (Å²) in [5, 5.41) is 3.07. The molecule has 0 amide bonds. The smallest absolute Gasteiger partial charge is 0.146 e. The normalized spacial score (nSPS) is 11.5.